The Kier molecular flexibility index (Phi) is 7.51. The third-order valence-corrected chi connectivity index (χ3v) is 5.97. The standard InChI is InChI=1S/C25H30N2O5/c1-16(2)21(24(30)27(3)13-12-23(28)29)14-26-25(31)32-15-22-19-10-6-4-8-17(19)18-9-5-7-11-20(18)22/h4-11,16,21-22H,12-15H2,1-3H3,(H,26,31)(H,28,29). The van der Waals surface area contributed by atoms with E-state index in [1.807, 2.05) is 38.1 Å². The molecule has 32 heavy (non-hydrogen) atoms. The Morgan fingerprint density at radius 1 is 1.03 bits per heavy atom. The number of aliphatic carboxylic acids is 1. The minimum Gasteiger partial charge on any atom is -0.481 e. The smallest absolute Gasteiger partial charge is 0.407 e. The predicted molar refractivity (Wildman–Crippen MR) is 121 cm³/mol. The van der Waals surface area contributed by atoms with E-state index in [2.05, 4.69) is 29.6 Å². The van der Waals surface area contributed by atoms with E-state index < -0.39 is 18.0 Å². The van der Waals surface area contributed by atoms with E-state index in [9.17, 15) is 14.4 Å². The normalized spacial score (nSPS) is 13.2. The minimum absolute atomic E-state index is 0.0244. The number of carbonyl (C=O) groups excluding carboxylic acids is 2. The number of benzene rings is 2. The van der Waals surface area contributed by atoms with Crippen LogP contribution in [-0.4, -0.2) is 54.7 Å². The van der Waals surface area contributed by atoms with Crippen LogP contribution in [0, 0.1) is 11.8 Å². The molecule has 0 fully saturated rings. The highest BCUT2D eigenvalue weighted by molar-refractivity contribution is 5.81. The monoisotopic (exact) mass is 438 g/mol. The van der Waals surface area contributed by atoms with E-state index >= 15 is 0 Å². The van der Waals surface area contributed by atoms with Gasteiger partial charge in [-0.2, -0.15) is 0 Å². The molecule has 1 aliphatic carbocycles. The van der Waals surface area contributed by atoms with Crippen LogP contribution in [0.15, 0.2) is 48.5 Å². The highest BCUT2D eigenvalue weighted by Gasteiger charge is 2.30. The fourth-order valence-corrected chi connectivity index (χ4v) is 4.11. The number of hydrogen-bond donors (Lipinski definition) is 2. The molecule has 0 radical (unpaired) electrons. The van der Waals surface area contributed by atoms with Crippen LogP contribution in [0.3, 0.4) is 0 Å². The van der Waals surface area contributed by atoms with Crippen LogP contribution in [-0.2, 0) is 14.3 Å². The van der Waals surface area contributed by atoms with Gasteiger partial charge in [-0.15, -0.1) is 0 Å². The van der Waals surface area contributed by atoms with E-state index in [0.717, 1.165) is 22.3 Å². The van der Waals surface area contributed by atoms with Crippen molar-refractivity contribution < 1.29 is 24.2 Å². The molecule has 0 bridgehead atoms. The largest absolute Gasteiger partial charge is 0.481 e. The summed E-state index contributed by atoms with van der Waals surface area (Å²) in [6.45, 7) is 4.26. The molecular formula is C25H30N2O5. The van der Waals surface area contributed by atoms with Crippen molar-refractivity contribution >= 4 is 18.0 Å². The first-order valence-corrected chi connectivity index (χ1v) is 10.8. The van der Waals surface area contributed by atoms with Gasteiger partial charge in [-0.1, -0.05) is 62.4 Å². The maximum absolute atomic E-state index is 12.7. The zero-order valence-electron chi connectivity index (χ0n) is 18.7. The zero-order chi connectivity index (χ0) is 23.3. The molecule has 0 saturated heterocycles. The van der Waals surface area contributed by atoms with Crippen LogP contribution in [0.25, 0.3) is 11.1 Å². The number of hydrogen-bond acceptors (Lipinski definition) is 4. The van der Waals surface area contributed by atoms with Crippen molar-refractivity contribution in [1.82, 2.24) is 10.2 Å². The van der Waals surface area contributed by atoms with Crippen molar-refractivity contribution in [2.24, 2.45) is 11.8 Å². The quantitative estimate of drug-likeness (QED) is 0.622. The van der Waals surface area contributed by atoms with Crippen LogP contribution in [0.2, 0.25) is 0 Å². The molecule has 2 N–H and O–H groups in total. The van der Waals surface area contributed by atoms with E-state index in [0.29, 0.717) is 0 Å². The SMILES string of the molecule is CC(C)C(CNC(=O)OCC1c2ccccc2-c2ccccc21)C(=O)N(C)CCC(=O)O. The fraction of sp³-hybridized carbons (Fsp3) is 0.400. The molecule has 7 nitrogen and oxygen atoms in total. The van der Waals surface area contributed by atoms with Crippen LogP contribution in [0.4, 0.5) is 4.79 Å². The number of alkyl carbamates (subject to hydrolysis) is 1. The Morgan fingerprint density at radius 2 is 1.59 bits per heavy atom. The number of nitrogens with one attached hydrogen (secondary N) is 1. The first-order chi connectivity index (χ1) is 15.3. The van der Waals surface area contributed by atoms with E-state index in [1.54, 1.807) is 7.05 Å². The summed E-state index contributed by atoms with van der Waals surface area (Å²) < 4.78 is 5.54. The highest BCUT2D eigenvalue weighted by Crippen LogP contribution is 2.44. The van der Waals surface area contributed by atoms with Gasteiger partial charge in [-0.05, 0) is 28.2 Å². The van der Waals surface area contributed by atoms with Crippen molar-refractivity contribution in [3.05, 3.63) is 59.7 Å². The summed E-state index contributed by atoms with van der Waals surface area (Å²) in [6, 6.07) is 16.2. The second kappa shape index (κ2) is 10.3. The molecule has 2 aromatic rings. The number of ether oxygens (including phenoxy) is 1. The summed E-state index contributed by atoms with van der Waals surface area (Å²) >= 11 is 0. The van der Waals surface area contributed by atoms with Crippen LogP contribution in [0.5, 0.6) is 0 Å². The third-order valence-electron chi connectivity index (χ3n) is 5.97. The molecule has 170 valence electrons. The topological polar surface area (TPSA) is 95.9 Å². The highest BCUT2D eigenvalue weighted by atomic mass is 16.5. The Bertz CT molecular complexity index is 942. The van der Waals surface area contributed by atoms with Crippen LogP contribution < -0.4 is 5.32 Å². The molecule has 0 aliphatic heterocycles. The fourth-order valence-electron chi connectivity index (χ4n) is 4.11. The summed E-state index contributed by atoms with van der Waals surface area (Å²) in [5, 5.41) is 11.5. The van der Waals surface area contributed by atoms with Gasteiger partial charge in [0.15, 0.2) is 0 Å². The number of amides is 2. The van der Waals surface area contributed by atoms with Crippen molar-refractivity contribution in [2.45, 2.75) is 26.2 Å². The van der Waals surface area contributed by atoms with Crippen molar-refractivity contribution in [2.75, 3.05) is 26.7 Å². The lowest BCUT2D eigenvalue weighted by atomic mass is 9.94. The van der Waals surface area contributed by atoms with Gasteiger partial charge in [0.25, 0.3) is 0 Å². The Labute approximate surface area is 188 Å². The summed E-state index contributed by atoms with van der Waals surface area (Å²) in [4.78, 5) is 37.3. The van der Waals surface area contributed by atoms with Gasteiger partial charge in [0.1, 0.15) is 6.61 Å². The molecule has 3 rings (SSSR count). The van der Waals surface area contributed by atoms with Crippen molar-refractivity contribution in [3.8, 4) is 11.1 Å². The molecule has 0 spiro atoms. The van der Waals surface area contributed by atoms with Crippen LogP contribution >= 0.6 is 0 Å². The molecule has 0 heterocycles. The average molecular weight is 439 g/mol. The number of carboxylic acid groups (broad SMARTS) is 1. The molecule has 2 aromatic carbocycles. The first kappa shape index (κ1) is 23.3. The summed E-state index contributed by atoms with van der Waals surface area (Å²) in [5.41, 5.74) is 4.59. The molecule has 1 aliphatic rings. The molecule has 1 atom stereocenters. The first-order valence-electron chi connectivity index (χ1n) is 10.8. The van der Waals surface area contributed by atoms with Gasteiger partial charge in [-0.3, -0.25) is 9.59 Å². The molecule has 0 aromatic heterocycles. The van der Waals surface area contributed by atoms with Crippen molar-refractivity contribution in [3.63, 3.8) is 0 Å². The molecule has 1 unspecified atom stereocenters. The minimum atomic E-state index is -0.956. The van der Waals surface area contributed by atoms with Gasteiger partial charge in [0.05, 0.1) is 12.3 Å². The van der Waals surface area contributed by atoms with E-state index in [-0.39, 0.29) is 43.9 Å². The number of nitrogens with zero attached hydrogens (tertiary/aromatic N) is 1. The lowest BCUT2D eigenvalue weighted by Crippen LogP contribution is -2.43. The average Bonchev–Trinajstić information content (AvgIpc) is 3.09. The van der Waals surface area contributed by atoms with Crippen molar-refractivity contribution in [1.29, 1.82) is 0 Å². The summed E-state index contributed by atoms with van der Waals surface area (Å²) in [5.74, 6) is -1.67. The van der Waals surface area contributed by atoms with Crippen LogP contribution in [0.1, 0.15) is 37.3 Å². The Hall–Kier alpha value is -3.35. The maximum atomic E-state index is 12.7. The second-order valence-corrected chi connectivity index (χ2v) is 8.46. The number of rotatable bonds is 9. The number of carbonyl (C=O) groups is 3. The maximum Gasteiger partial charge on any atom is 0.407 e. The van der Waals surface area contributed by atoms with Gasteiger partial charge >= 0.3 is 12.1 Å². The number of fused-ring (bicyclic) bond motifs is 3. The molecule has 2 amide bonds. The van der Waals surface area contributed by atoms with E-state index in [1.165, 1.54) is 4.90 Å². The molecule has 7 heteroatoms. The number of carboxylic acids is 1. The summed E-state index contributed by atoms with van der Waals surface area (Å²) in [7, 11) is 1.58. The zero-order valence-corrected chi connectivity index (χ0v) is 18.7. The van der Waals surface area contributed by atoms with Gasteiger partial charge in [0, 0.05) is 26.1 Å². The Morgan fingerprint density at radius 3 is 2.12 bits per heavy atom. The second-order valence-electron chi connectivity index (χ2n) is 8.46. The lowest BCUT2D eigenvalue weighted by molar-refractivity contribution is -0.139. The van der Waals surface area contributed by atoms with Gasteiger partial charge in [0.2, 0.25) is 5.91 Å². The molecule has 0 saturated carbocycles. The van der Waals surface area contributed by atoms with Gasteiger partial charge < -0.3 is 20.1 Å². The molecular weight excluding hydrogens is 408 g/mol. The predicted octanol–water partition coefficient (Wildman–Crippen LogP) is 3.73. The summed E-state index contributed by atoms with van der Waals surface area (Å²) in [6.07, 6.45) is -0.689. The third kappa shape index (κ3) is 5.28. The lowest BCUT2D eigenvalue weighted by Gasteiger charge is -2.26. The van der Waals surface area contributed by atoms with E-state index in [4.69, 9.17) is 9.84 Å². The van der Waals surface area contributed by atoms with Gasteiger partial charge in [-0.25, -0.2) is 4.79 Å². The Balaban J connectivity index is 1.57.